The SMILES string of the molecule is O=C(NCc1ccc(Cl)cc1)[C@H]1[C@@H]2CN(C3NCN(C4CCCCCCCC4)c4ccc(F)cc43)C[C@@H]21. The number of carbonyl (C=O) groups is 1. The Bertz CT molecular complexity index is 1090. The summed E-state index contributed by atoms with van der Waals surface area (Å²) in [7, 11) is 0. The van der Waals surface area contributed by atoms with Crippen molar-refractivity contribution >= 4 is 23.2 Å². The average molecular weight is 525 g/mol. The van der Waals surface area contributed by atoms with Crippen molar-refractivity contribution in [3.8, 4) is 0 Å². The van der Waals surface area contributed by atoms with Gasteiger partial charge in [-0.1, -0.05) is 62.3 Å². The molecule has 5 nitrogen and oxygen atoms in total. The van der Waals surface area contributed by atoms with Crippen LogP contribution in [-0.4, -0.2) is 36.6 Å². The lowest BCUT2D eigenvalue weighted by atomic mass is 9.98. The smallest absolute Gasteiger partial charge is 0.224 e. The summed E-state index contributed by atoms with van der Waals surface area (Å²) in [5, 5.41) is 7.57. The second-order valence-electron chi connectivity index (χ2n) is 11.4. The van der Waals surface area contributed by atoms with Crippen LogP contribution in [0.3, 0.4) is 0 Å². The molecular formula is C30H38ClFN4O. The molecule has 0 radical (unpaired) electrons. The zero-order chi connectivity index (χ0) is 25.4. The zero-order valence-electron chi connectivity index (χ0n) is 21.5. The summed E-state index contributed by atoms with van der Waals surface area (Å²) in [6.07, 6.45) is 10.3. The van der Waals surface area contributed by atoms with Gasteiger partial charge < -0.3 is 10.2 Å². The van der Waals surface area contributed by atoms with Crippen LogP contribution in [0.1, 0.15) is 68.7 Å². The summed E-state index contributed by atoms with van der Waals surface area (Å²) in [5.74, 6) is 0.840. The van der Waals surface area contributed by atoms with E-state index in [-0.39, 0.29) is 23.8 Å². The van der Waals surface area contributed by atoms with Gasteiger partial charge in [0.15, 0.2) is 0 Å². The molecule has 2 N–H and O–H groups in total. The number of nitrogens with one attached hydrogen (secondary N) is 2. The number of carbonyl (C=O) groups excluding carboxylic acids is 1. The highest BCUT2D eigenvalue weighted by atomic mass is 35.5. The van der Waals surface area contributed by atoms with Crippen molar-refractivity contribution in [1.29, 1.82) is 0 Å². The molecule has 0 bridgehead atoms. The van der Waals surface area contributed by atoms with E-state index in [1.54, 1.807) is 12.1 Å². The van der Waals surface area contributed by atoms with E-state index in [2.05, 4.69) is 20.4 Å². The number of anilines is 1. The maximum Gasteiger partial charge on any atom is 0.224 e. The molecule has 1 saturated heterocycles. The van der Waals surface area contributed by atoms with E-state index in [0.29, 0.717) is 29.4 Å². The number of likely N-dealkylation sites (tertiary alicyclic amines) is 1. The van der Waals surface area contributed by atoms with Crippen molar-refractivity contribution in [3.05, 3.63) is 64.4 Å². The van der Waals surface area contributed by atoms with Gasteiger partial charge in [0.05, 0.1) is 12.8 Å². The third-order valence-electron chi connectivity index (χ3n) is 9.08. The van der Waals surface area contributed by atoms with Gasteiger partial charge >= 0.3 is 0 Å². The fraction of sp³-hybridized carbons (Fsp3) is 0.567. The van der Waals surface area contributed by atoms with Crippen LogP contribution in [0.5, 0.6) is 0 Å². The van der Waals surface area contributed by atoms with Gasteiger partial charge in [0.2, 0.25) is 5.91 Å². The van der Waals surface area contributed by atoms with Crippen molar-refractivity contribution in [2.45, 2.75) is 70.1 Å². The summed E-state index contributed by atoms with van der Waals surface area (Å²) in [4.78, 5) is 17.8. The Kier molecular flexibility index (Phi) is 7.42. The first-order valence-corrected chi connectivity index (χ1v) is 14.5. The minimum Gasteiger partial charge on any atom is -0.355 e. The molecule has 2 aromatic rings. The lowest BCUT2D eigenvalue weighted by molar-refractivity contribution is -0.123. The molecule has 1 unspecified atom stereocenters. The average Bonchev–Trinajstić information content (AvgIpc) is 3.35. The molecular weight excluding hydrogens is 487 g/mol. The van der Waals surface area contributed by atoms with E-state index in [0.717, 1.165) is 30.9 Å². The van der Waals surface area contributed by atoms with E-state index in [4.69, 9.17) is 11.6 Å². The van der Waals surface area contributed by atoms with Gasteiger partial charge in [-0.25, -0.2) is 4.39 Å². The quantitative estimate of drug-likeness (QED) is 0.515. The highest BCUT2D eigenvalue weighted by Gasteiger charge is 2.60. The molecule has 2 saturated carbocycles. The number of hydrogen-bond donors (Lipinski definition) is 2. The standard InChI is InChI=1S/C30H38ClFN4O/c31-21-11-9-20(10-12-21)16-33-30(37)28-25-17-35(18-26(25)28)29-24-15-22(32)13-14-27(24)36(19-34-29)23-7-5-3-1-2-4-6-8-23/h9-15,23,25-26,28-29,34H,1-8,16-19H2,(H,33,37)/t25-,26+,28+,29?. The molecule has 4 aliphatic rings. The molecule has 7 heteroatoms. The molecule has 6 rings (SSSR count). The summed E-state index contributed by atoms with van der Waals surface area (Å²) >= 11 is 5.96. The number of nitrogens with zero attached hydrogens (tertiary/aromatic N) is 2. The molecule has 37 heavy (non-hydrogen) atoms. The number of fused-ring (bicyclic) bond motifs is 2. The molecule has 2 aromatic carbocycles. The van der Waals surface area contributed by atoms with Crippen LogP contribution >= 0.6 is 11.6 Å². The normalized spacial score (nSPS) is 28.5. The molecule has 2 aliphatic carbocycles. The fourth-order valence-electron chi connectivity index (χ4n) is 7.03. The van der Waals surface area contributed by atoms with Crippen molar-refractivity contribution in [2.75, 3.05) is 24.7 Å². The van der Waals surface area contributed by atoms with Gasteiger partial charge in [-0.2, -0.15) is 0 Å². The van der Waals surface area contributed by atoms with Crippen molar-refractivity contribution in [2.24, 2.45) is 17.8 Å². The lowest BCUT2D eigenvalue weighted by Gasteiger charge is -2.44. The number of rotatable bonds is 5. The van der Waals surface area contributed by atoms with Crippen LogP contribution in [-0.2, 0) is 11.3 Å². The van der Waals surface area contributed by atoms with Crippen LogP contribution in [0.4, 0.5) is 10.1 Å². The number of hydrogen-bond acceptors (Lipinski definition) is 4. The molecule has 2 aliphatic heterocycles. The summed E-state index contributed by atoms with van der Waals surface area (Å²) in [6.45, 7) is 3.08. The maximum absolute atomic E-state index is 14.5. The van der Waals surface area contributed by atoms with Crippen molar-refractivity contribution in [3.63, 3.8) is 0 Å². The first-order valence-electron chi connectivity index (χ1n) is 14.1. The van der Waals surface area contributed by atoms with Gasteiger partial charge in [0.25, 0.3) is 0 Å². The third kappa shape index (κ3) is 5.39. The van der Waals surface area contributed by atoms with E-state index in [1.807, 2.05) is 30.3 Å². The predicted octanol–water partition coefficient (Wildman–Crippen LogP) is 5.84. The Hall–Kier alpha value is -2.15. The van der Waals surface area contributed by atoms with Gasteiger partial charge in [-0.05, 0) is 60.6 Å². The van der Waals surface area contributed by atoms with Crippen LogP contribution in [0.25, 0.3) is 0 Å². The van der Waals surface area contributed by atoms with Crippen LogP contribution < -0.4 is 15.5 Å². The van der Waals surface area contributed by atoms with Gasteiger partial charge in [0.1, 0.15) is 5.82 Å². The predicted molar refractivity (Wildman–Crippen MR) is 146 cm³/mol. The maximum atomic E-state index is 14.5. The summed E-state index contributed by atoms with van der Waals surface area (Å²) in [5.41, 5.74) is 3.29. The molecule has 4 atom stereocenters. The Morgan fingerprint density at radius 3 is 2.35 bits per heavy atom. The Balaban J connectivity index is 1.09. The third-order valence-corrected chi connectivity index (χ3v) is 9.34. The Morgan fingerprint density at radius 1 is 0.973 bits per heavy atom. The highest BCUT2D eigenvalue weighted by molar-refractivity contribution is 6.30. The van der Waals surface area contributed by atoms with E-state index in [9.17, 15) is 9.18 Å². The zero-order valence-corrected chi connectivity index (χ0v) is 22.2. The van der Waals surface area contributed by atoms with Gasteiger partial charge in [-0.3, -0.25) is 15.0 Å². The molecule has 1 amide bonds. The number of benzene rings is 2. The van der Waals surface area contributed by atoms with Gasteiger partial charge in [0, 0.05) is 47.9 Å². The highest BCUT2D eigenvalue weighted by Crippen LogP contribution is 2.54. The van der Waals surface area contributed by atoms with E-state index < -0.39 is 0 Å². The molecule has 3 fully saturated rings. The minimum absolute atomic E-state index is 0.00358. The van der Waals surface area contributed by atoms with E-state index >= 15 is 0 Å². The Morgan fingerprint density at radius 2 is 1.65 bits per heavy atom. The molecule has 0 aromatic heterocycles. The monoisotopic (exact) mass is 524 g/mol. The molecule has 198 valence electrons. The fourth-order valence-corrected chi connectivity index (χ4v) is 7.15. The largest absolute Gasteiger partial charge is 0.355 e. The van der Waals surface area contributed by atoms with Crippen molar-refractivity contribution in [1.82, 2.24) is 15.5 Å². The van der Waals surface area contributed by atoms with Crippen LogP contribution in [0.15, 0.2) is 42.5 Å². The second-order valence-corrected chi connectivity index (χ2v) is 11.9. The van der Waals surface area contributed by atoms with Gasteiger partial charge in [-0.15, -0.1) is 0 Å². The first kappa shape index (κ1) is 25.1. The van der Waals surface area contributed by atoms with E-state index in [1.165, 1.54) is 57.1 Å². The van der Waals surface area contributed by atoms with Crippen LogP contribution in [0, 0.1) is 23.6 Å². The Labute approximate surface area is 224 Å². The first-order chi connectivity index (χ1) is 18.1. The number of piperidine rings is 1. The molecule has 2 heterocycles. The lowest BCUT2D eigenvalue weighted by Crippen LogP contribution is -2.52. The topological polar surface area (TPSA) is 47.6 Å². The molecule has 0 spiro atoms. The number of amides is 1. The summed E-state index contributed by atoms with van der Waals surface area (Å²) in [6, 6.07) is 13.5. The minimum atomic E-state index is -0.175. The second kappa shape index (κ2) is 10.9. The van der Waals surface area contributed by atoms with Crippen molar-refractivity contribution < 1.29 is 9.18 Å². The van der Waals surface area contributed by atoms with Crippen LogP contribution in [0.2, 0.25) is 5.02 Å². The number of halogens is 2. The summed E-state index contributed by atoms with van der Waals surface area (Å²) < 4.78 is 14.5.